The van der Waals surface area contributed by atoms with Crippen LogP contribution < -0.4 is 5.50 Å². The van der Waals surface area contributed by atoms with Crippen LogP contribution in [0.1, 0.15) is 25.7 Å². The van der Waals surface area contributed by atoms with E-state index < -0.39 is 7.29 Å². The molecular formula is C6H14NOP. The highest BCUT2D eigenvalue weighted by Gasteiger charge is 2.17. The van der Waals surface area contributed by atoms with E-state index >= 15 is 0 Å². The maximum atomic E-state index is 11.2. The third-order valence-corrected chi connectivity index (χ3v) is 3.97. The summed E-state index contributed by atoms with van der Waals surface area (Å²) in [7, 11) is -2.13. The van der Waals surface area contributed by atoms with Gasteiger partial charge in [0.05, 0.1) is 0 Å². The van der Waals surface area contributed by atoms with E-state index in [0.29, 0.717) is 0 Å². The van der Waals surface area contributed by atoms with Crippen molar-refractivity contribution < 1.29 is 4.57 Å². The second-order valence-corrected chi connectivity index (χ2v) is 5.61. The maximum absolute atomic E-state index is 11.2. The van der Waals surface area contributed by atoms with Gasteiger partial charge in [0, 0.05) is 12.3 Å². The highest BCUT2D eigenvalue weighted by atomic mass is 31.2. The molecule has 54 valence electrons. The zero-order chi connectivity index (χ0) is 6.74. The van der Waals surface area contributed by atoms with E-state index in [-0.39, 0.29) is 0 Å². The van der Waals surface area contributed by atoms with Crippen LogP contribution in [0.25, 0.3) is 0 Å². The van der Waals surface area contributed by atoms with Gasteiger partial charge in [-0.05, 0) is 12.8 Å². The quantitative estimate of drug-likeness (QED) is 0.531. The normalized spacial score (nSPS) is 27.2. The van der Waals surface area contributed by atoms with Crippen LogP contribution in [0, 0.1) is 0 Å². The average molecular weight is 147 g/mol. The van der Waals surface area contributed by atoms with Crippen molar-refractivity contribution in [3.63, 3.8) is 0 Å². The molecule has 0 aromatic rings. The summed E-state index contributed by atoms with van der Waals surface area (Å²) in [5, 5.41) is 0. The van der Waals surface area contributed by atoms with Crippen LogP contribution in [0.5, 0.6) is 0 Å². The zero-order valence-electron chi connectivity index (χ0n) is 5.68. The molecule has 1 aliphatic heterocycles. The molecule has 0 aromatic heterocycles. The zero-order valence-corrected chi connectivity index (χ0v) is 6.57. The number of rotatable bonds is 0. The summed E-state index contributed by atoms with van der Waals surface area (Å²) in [6, 6.07) is 0. The molecular weight excluding hydrogens is 133 g/mol. The molecule has 1 heterocycles. The first-order valence-corrected chi connectivity index (χ1v) is 5.72. The molecule has 9 heavy (non-hydrogen) atoms. The van der Waals surface area contributed by atoms with E-state index in [1.807, 2.05) is 0 Å². The number of hydrogen-bond acceptors (Lipinski definition) is 1. The van der Waals surface area contributed by atoms with Gasteiger partial charge >= 0.3 is 0 Å². The molecule has 0 saturated carbocycles. The van der Waals surface area contributed by atoms with Crippen molar-refractivity contribution in [2.75, 3.05) is 12.3 Å². The highest BCUT2D eigenvalue weighted by molar-refractivity contribution is 7.61. The van der Waals surface area contributed by atoms with Crippen LogP contribution in [0.4, 0.5) is 0 Å². The smallest absolute Gasteiger partial charge is 0.145 e. The molecule has 1 rings (SSSR count). The minimum absolute atomic E-state index is 0.785. The summed E-state index contributed by atoms with van der Waals surface area (Å²) in [6.45, 7) is 0. The Morgan fingerprint density at radius 1 is 1.00 bits per heavy atom. The lowest BCUT2D eigenvalue weighted by molar-refractivity contribution is 0.575. The molecule has 2 N–H and O–H groups in total. The summed E-state index contributed by atoms with van der Waals surface area (Å²) in [5.41, 5.74) is 5.53. The fourth-order valence-electron chi connectivity index (χ4n) is 1.22. The van der Waals surface area contributed by atoms with E-state index in [9.17, 15) is 4.57 Å². The second kappa shape index (κ2) is 2.85. The molecule has 2 nitrogen and oxygen atoms in total. The Hall–Kier alpha value is 0.190. The predicted octanol–water partition coefficient (Wildman–Crippen LogP) is 1.80. The van der Waals surface area contributed by atoms with Gasteiger partial charge < -0.3 is 4.57 Å². The fourth-order valence-corrected chi connectivity index (χ4v) is 2.97. The third-order valence-electron chi connectivity index (χ3n) is 1.82. The van der Waals surface area contributed by atoms with Gasteiger partial charge in [0.1, 0.15) is 7.29 Å². The maximum Gasteiger partial charge on any atom is 0.145 e. The van der Waals surface area contributed by atoms with Gasteiger partial charge in [-0.25, -0.2) is 0 Å². The van der Waals surface area contributed by atoms with Gasteiger partial charge in [-0.3, -0.25) is 5.50 Å². The van der Waals surface area contributed by atoms with Crippen LogP contribution in [0.2, 0.25) is 0 Å². The van der Waals surface area contributed by atoms with E-state index in [0.717, 1.165) is 25.2 Å². The molecule has 1 aliphatic rings. The average Bonchev–Trinajstić information content (AvgIpc) is 1.92. The van der Waals surface area contributed by atoms with Crippen molar-refractivity contribution in [3.05, 3.63) is 0 Å². The lowest BCUT2D eigenvalue weighted by Crippen LogP contribution is -2.01. The largest absolute Gasteiger partial charge is 0.307 e. The Bertz CT molecular complexity index is 123. The second-order valence-electron chi connectivity index (χ2n) is 2.81. The van der Waals surface area contributed by atoms with Gasteiger partial charge in [-0.2, -0.15) is 0 Å². The van der Waals surface area contributed by atoms with Crippen molar-refractivity contribution >= 4 is 7.29 Å². The highest BCUT2D eigenvalue weighted by Crippen LogP contribution is 2.40. The Labute approximate surface area is 56.2 Å². The van der Waals surface area contributed by atoms with Gasteiger partial charge in [0.25, 0.3) is 0 Å². The van der Waals surface area contributed by atoms with E-state index in [2.05, 4.69) is 0 Å². The molecule has 1 saturated heterocycles. The minimum atomic E-state index is -2.13. The topological polar surface area (TPSA) is 43.1 Å². The molecule has 0 aliphatic carbocycles. The van der Waals surface area contributed by atoms with Gasteiger partial charge in [0.15, 0.2) is 0 Å². The lowest BCUT2D eigenvalue weighted by Gasteiger charge is -2.06. The van der Waals surface area contributed by atoms with Crippen molar-refractivity contribution in [2.24, 2.45) is 5.50 Å². The Morgan fingerprint density at radius 2 is 1.44 bits per heavy atom. The molecule has 0 bridgehead atoms. The van der Waals surface area contributed by atoms with Crippen LogP contribution in [0.3, 0.4) is 0 Å². The van der Waals surface area contributed by atoms with Crippen molar-refractivity contribution in [2.45, 2.75) is 25.7 Å². The summed E-state index contributed by atoms with van der Waals surface area (Å²) >= 11 is 0. The summed E-state index contributed by atoms with van der Waals surface area (Å²) < 4.78 is 11.2. The molecule has 3 heteroatoms. The Balaban J connectivity index is 2.45. The first kappa shape index (κ1) is 7.30. The van der Waals surface area contributed by atoms with Crippen LogP contribution >= 0.6 is 7.29 Å². The molecule has 0 radical (unpaired) electrons. The first-order chi connectivity index (χ1) is 4.21. The van der Waals surface area contributed by atoms with Crippen molar-refractivity contribution in [1.82, 2.24) is 0 Å². The molecule has 1 fully saturated rings. The van der Waals surface area contributed by atoms with Crippen molar-refractivity contribution in [3.8, 4) is 0 Å². The predicted molar refractivity (Wildman–Crippen MR) is 40.0 cm³/mol. The van der Waals surface area contributed by atoms with E-state index in [4.69, 9.17) is 5.50 Å². The van der Waals surface area contributed by atoms with Gasteiger partial charge in [0.2, 0.25) is 0 Å². The first-order valence-electron chi connectivity index (χ1n) is 3.57. The number of hydrogen-bond donors (Lipinski definition) is 1. The molecule has 0 atom stereocenters. The van der Waals surface area contributed by atoms with Gasteiger partial charge in [-0.15, -0.1) is 0 Å². The minimum Gasteiger partial charge on any atom is -0.307 e. The standard InChI is InChI=1S/C6H14NOP/c7-9(8)5-3-1-2-4-6-9/h1-6H2,(H2,7,8). The SMILES string of the molecule is NP1(=O)CCCCCC1. The molecule has 0 spiro atoms. The third kappa shape index (κ3) is 2.51. The Kier molecular flexibility index (Phi) is 2.31. The monoisotopic (exact) mass is 147 g/mol. The molecule has 0 amide bonds. The number of nitrogens with two attached hydrogens (primary N) is 1. The van der Waals surface area contributed by atoms with E-state index in [1.165, 1.54) is 12.8 Å². The summed E-state index contributed by atoms with van der Waals surface area (Å²) in [4.78, 5) is 0. The van der Waals surface area contributed by atoms with Crippen LogP contribution in [-0.4, -0.2) is 12.3 Å². The van der Waals surface area contributed by atoms with Crippen LogP contribution in [-0.2, 0) is 4.57 Å². The van der Waals surface area contributed by atoms with Gasteiger partial charge in [-0.1, -0.05) is 12.8 Å². The fraction of sp³-hybridized carbons (Fsp3) is 1.00. The summed E-state index contributed by atoms with van der Waals surface area (Å²) in [6.07, 6.45) is 6.17. The van der Waals surface area contributed by atoms with E-state index in [1.54, 1.807) is 0 Å². The van der Waals surface area contributed by atoms with Crippen LogP contribution in [0.15, 0.2) is 0 Å². The lowest BCUT2D eigenvalue weighted by atomic mass is 10.2. The molecule has 0 unspecified atom stereocenters. The van der Waals surface area contributed by atoms with Crippen molar-refractivity contribution in [1.29, 1.82) is 0 Å². The summed E-state index contributed by atoms with van der Waals surface area (Å²) in [5.74, 6) is 0. The Morgan fingerprint density at radius 3 is 1.89 bits per heavy atom. The molecule has 0 aromatic carbocycles.